The number of phenolic OH excluding ortho intramolecular Hbond substituents is 1. The number of unbranched alkanes of at least 4 members (excludes halogenated alkanes) is 1. The molecule has 1 fully saturated rings. The summed E-state index contributed by atoms with van der Waals surface area (Å²) in [5, 5.41) is 76.5. The Kier molecular flexibility index (Phi) is 31.8. The fourth-order valence-corrected chi connectivity index (χ4v) is 12.0. The fraction of sp³-hybridized carbons (Fsp3) is 0.441. The number of phenols is 1. The lowest BCUT2D eigenvalue weighted by molar-refractivity contribution is -0.144. The van der Waals surface area contributed by atoms with Crippen molar-refractivity contribution < 1.29 is 83.1 Å². The molecular formula is C68H91N15O17S2. The molecule has 13 unspecified atom stereocenters. The molecule has 34 heteroatoms. The number of carbonyl (C=O) groups excluding carboxylic acids is 11. The van der Waals surface area contributed by atoms with E-state index in [-0.39, 0.29) is 62.3 Å². The van der Waals surface area contributed by atoms with Gasteiger partial charge in [0, 0.05) is 67.8 Å². The number of nitrogens with two attached hydrogens (primary N) is 3. The number of benzene rings is 4. The van der Waals surface area contributed by atoms with Crippen LogP contribution in [-0.2, 0) is 83.2 Å². The highest BCUT2D eigenvalue weighted by Gasteiger charge is 2.40. The Hall–Kier alpha value is -9.84. The van der Waals surface area contributed by atoms with Crippen molar-refractivity contribution in [3.63, 3.8) is 0 Å². The number of aromatic amines is 1. The Bertz CT molecular complexity index is 3700. The molecular weight excluding hydrogens is 1360 g/mol. The van der Waals surface area contributed by atoms with E-state index in [0.29, 0.717) is 51.7 Å². The third kappa shape index (κ3) is 24.5. The number of anilines is 1. The molecule has 0 aliphatic carbocycles. The molecule has 0 radical (unpaired) electrons. The van der Waals surface area contributed by atoms with Gasteiger partial charge in [0.1, 0.15) is 72.2 Å². The topological polar surface area (TPSA) is 523 Å². The minimum absolute atomic E-state index is 0.00768. The molecule has 2 heterocycles. The van der Waals surface area contributed by atoms with Gasteiger partial charge >= 0.3 is 5.97 Å². The van der Waals surface area contributed by atoms with E-state index in [2.05, 4.69) is 65.5 Å². The number of likely N-dealkylation sites (N-methyl/N-ethyl adjacent to an activating group) is 1. The molecule has 6 rings (SSSR count). The number of fused-ring (bicyclic) bond motifs is 1. The summed E-state index contributed by atoms with van der Waals surface area (Å²) >= 11 is 5.16. The first-order chi connectivity index (χ1) is 48.6. The average Bonchev–Trinajstić information content (AvgIpc) is 1.56. The monoisotopic (exact) mass is 1450 g/mol. The number of aromatic hydroxyl groups is 1. The molecule has 11 amide bonds. The van der Waals surface area contributed by atoms with Gasteiger partial charge < -0.3 is 106 Å². The number of aliphatic hydroxyl groups is 3. The molecule has 32 nitrogen and oxygen atoms in total. The second-order valence-electron chi connectivity index (χ2n) is 24.7. The maximum atomic E-state index is 15.2. The van der Waals surface area contributed by atoms with Gasteiger partial charge in [0.25, 0.3) is 0 Å². The smallest absolute Gasteiger partial charge is 0.328 e. The lowest BCUT2D eigenvalue weighted by Crippen LogP contribution is -2.63. The first kappa shape index (κ1) is 81.1. The number of nitrogens with zero attached hydrogens (tertiary/aromatic N) is 1. The van der Waals surface area contributed by atoms with E-state index < -0.39 is 169 Å². The molecule has 0 spiro atoms. The zero-order valence-corrected chi connectivity index (χ0v) is 58.2. The number of carboxylic acids is 1. The molecule has 102 heavy (non-hydrogen) atoms. The molecule has 13 atom stereocenters. The van der Waals surface area contributed by atoms with Gasteiger partial charge in [-0.3, -0.25) is 52.7 Å². The van der Waals surface area contributed by atoms with Gasteiger partial charge in [0.2, 0.25) is 65.0 Å². The number of aromatic nitrogens is 1. The highest BCUT2D eigenvalue weighted by atomic mass is 32.2. The number of nitrogens with one attached hydrogen (secondary N) is 11. The predicted octanol–water partition coefficient (Wildman–Crippen LogP) is -3.61. The van der Waals surface area contributed by atoms with Crippen LogP contribution in [0.25, 0.3) is 10.9 Å². The molecule has 1 aliphatic heterocycles. The molecule has 1 aliphatic rings. The summed E-state index contributed by atoms with van der Waals surface area (Å²) in [7, 11) is 1.30. The normalized spacial score (nSPS) is 20.0. The Labute approximate surface area is 597 Å². The summed E-state index contributed by atoms with van der Waals surface area (Å²) in [6, 6.07) is 10.7. The van der Waals surface area contributed by atoms with E-state index in [1.807, 2.05) is 17.4 Å². The summed E-state index contributed by atoms with van der Waals surface area (Å²) in [4.78, 5) is 173. The standard InChI is InChI=1S/C68H91N15O17S2/c1-36(85)56-65(96)78-51(29-38-11-5-4-6-12-38)67(98)83(3)54(64(95)77-49(28-40-18-22-43(87)23-19-40)60(91)76-50(30-41-31-72-46-14-8-7-13-44(41)46)62(93)74-47(59(90)81-56)15-9-10-25-69)24-26-102-35-55(88)73-32-45(71)58(89)75-48(27-39-16-20-42(70)21-17-39)61(92)80-53(34-101)63(94)82-57(37(2)86)66(97)79-52(33-84)68(99)100/h4-8,11-14,16-23,31,36-37,45,47-54,56-57,72,84-87,101H,9-10,15,24-30,32-35,69-71H2,1-3H3,(H,73,88)(H,74,93)(H,75,89)(H,76,91)(H,77,95)(H,78,96)(H,79,97)(H,80,92)(H,81,90)(H,82,94)(H,99,100). The van der Waals surface area contributed by atoms with E-state index in [4.69, 9.17) is 17.2 Å². The number of thiol groups is 1. The quantitative estimate of drug-likeness (QED) is 0.0112. The van der Waals surface area contributed by atoms with Crippen LogP contribution < -0.4 is 70.4 Å². The number of rotatable bonds is 32. The number of hydrogen-bond donors (Lipinski definition) is 20. The van der Waals surface area contributed by atoms with Crippen LogP contribution in [0.1, 0.15) is 61.8 Å². The third-order valence-electron chi connectivity index (χ3n) is 16.8. The number of para-hydroxylation sites is 1. The fourth-order valence-electron chi connectivity index (χ4n) is 10.9. The molecule has 0 saturated carbocycles. The maximum absolute atomic E-state index is 15.2. The van der Waals surface area contributed by atoms with E-state index >= 15 is 14.4 Å². The number of aliphatic hydroxyl groups excluding tert-OH is 3. The summed E-state index contributed by atoms with van der Waals surface area (Å²) in [5.74, 6) is -12.5. The van der Waals surface area contributed by atoms with Crippen molar-refractivity contribution in [1.29, 1.82) is 0 Å². The third-order valence-corrected chi connectivity index (χ3v) is 18.1. The van der Waals surface area contributed by atoms with Gasteiger partial charge in [0.05, 0.1) is 24.6 Å². The summed E-state index contributed by atoms with van der Waals surface area (Å²) < 4.78 is 0. The molecule has 22 N–H and O–H groups in total. The summed E-state index contributed by atoms with van der Waals surface area (Å²) in [5.41, 5.74) is 21.2. The highest BCUT2D eigenvalue weighted by Crippen LogP contribution is 2.22. The van der Waals surface area contributed by atoms with Gasteiger partial charge in [-0.05, 0) is 104 Å². The van der Waals surface area contributed by atoms with Crippen LogP contribution in [-0.4, -0.2) is 229 Å². The molecule has 5 aromatic rings. The van der Waals surface area contributed by atoms with Gasteiger partial charge in [0.15, 0.2) is 0 Å². The van der Waals surface area contributed by atoms with Crippen LogP contribution >= 0.6 is 24.4 Å². The number of thioether (sulfide) groups is 1. The van der Waals surface area contributed by atoms with Crippen molar-refractivity contribution in [2.75, 3.05) is 49.7 Å². The van der Waals surface area contributed by atoms with Crippen LogP contribution in [0.3, 0.4) is 0 Å². The second-order valence-corrected chi connectivity index (χ2v) is 26.1. The van der Waals surface area contributed by atoms with Crippen molar-refractivity contribution in [3.8, 4) is 5.75 Å². The Morgan fingerprint density at radius 3 is 1.84 bits per heavy atom. The van der Waals surface area contributed by atoms with E-state index in [1.165, 1.54) is 50.4 Å². The number of H-pyrrole nitrogens is 1. The summed E-state index contributed by atoms with van der Waals surface area (Å²) in [6.07, 6.45) is -1.73. The lowest BCUT2D eigenvalue weighted by atomic mass is 10.00. The van der Waals surface area contributed by atoms with Gasteiger partial charge in [-0.2, -0.15) is 24.4 Å². The van der Waals surface area contributed by atoms with Crippen LogP contribution in [0.4, 0.5) is 5.69 Å². The van der Waals surface area contributed by atoms with Gasteiger partial charge in [-0.1, -0.05) is 72.8 Å². The predicted molar refractivity (Wildman–Crippen MR) is 380 cm³/mol. The van der Waals surface area contributed by atoms with Crippen LogP contribution in [0, 0.1) is 0 Å². The summed E-state index contributed by atoms with van der Waals surface area (Å²) in [6.45, 7) is 1.10. The van der Waals surface area contributed by atoms with E-state index in [1.54, 1.807) is 60.8 Å². The lowest BCUT2D eigenvalue weighted by Gasteiger charge is -2.33. The number of carboxylic acid groups (broad SMARTS) is 1. The van der Waals surface area contributed by atoms with Crippen molar-refractivity contribution in [2.24, 2.45) is 11.5 Å². The molecule has 0 bridgehead atoms. The van der Waals surface area contributed by atoms with Gasteiger partial charge in [-0.15, -0.1) is 0 Å². The SMILES string of the molecule is CC(O)C(NC(=O)C(CS)NC(=O)C(Cc1ccc(N)cc1)NC(=O)C(N)CNC(=O)CSCCC1C(=O)NC(Cc2ccc(O)cc2)C(=O)NC(Cc2c[nH]c3ccccc23)C(=O)NC(CCCCN)C(=O)NC(C(C)O)C(=O)NC(Cc2ccccc2)C(=O)N1C)C(=O)NC(CO)C(=O)O. The zero-order valence-electron chi connectivity index (χ0n) is 56.5. The number of carbonyl (C=O) groups is 12. The minimum atomic E-state index is -1.78. The van der Waals surface area contributed by atoms with Crippen LogP contribution in [0.15, 0.2) is 109 Å². The molecule has 4 aromatic carbocycles. The Morgan fingerprint density at radius 1 is 0.637 bits per heavy atom. The number of hydrogen-bond acceptors (Lipinski definition) is 21. The molecule has 1 aromatic heterocycles. The van der Waals surface area contributed by atoms with Crippen LogP contribution in [0.2, 0.25) is 0 Å². The van der Waals surface area contributed by atoms with E-state index in [0.717, 1.165) is 23.6 Å². The number of nitrogen functional groups attached to an aromatic ring is 1. The number of amides is 11. The van der Waals surface area contributed by atoms with Crippen molar-refractivity contribution in [3.05, 3.63) is 132 Å². The van der Waals surface area contributed by atoms with Gasteiger partial charge in [-0.25, -0.2) is 4.79 Å². The molecule has 552 valence electrons. The minimum Gasteiger partial charge on any atom is -0.508 e. The van der Waals surface area contributed by atoms with Crippen molar-refractivity contribution in [1.82, 2.24) is 63.1 Å². The Balaban J connectivity index is 1.24. The number of aliphatic carboxylic acids is 1. The first-order valence-electron chi connectivity index (χ1n) is 32.9. The highest BCUT2D eigenvalue weighted by molar-refractivity contribution is 7.99. The Morgan fingerprint density at radius 2 is 1.21 bits per heavy atom. The van der Waals surface area contributed by atoms with Crippen molar-refractivity contribution in [2.45, 2.75) is 144 Å². The van der Waals surface area contributed by atoms with E-state index in [9.17, 15) is 68.7 Å². The van der Waals surface area contributed by atoms with Crippen molar-refractivity contribution >= 4 is 112 Å². The first-order valence-corrected chi connectivity index (χ1v) is 34.7. The zero-order chi connectivity index (χ0) is 74.7. The maximum Gasteiger partial charge on any atom is 0.328 e. The van der Waals surface area contributed by atoms with Crippen LogP contribution in [0.5, 0.6) is 5.75 Å². The average molecular weight is 1450 g/mol. The second kappa shape index (κ2) is 40.0. The molecule has 1 saturated heterocycles. The largest absolute Gasteiger partial charge is 0.508 e.